The molecule has 0 aromatic rings. The van der Waals surface area contributed by atoms with Gasteiger partial charge >= 0.3 is 11.9 Å². The first-order valence-electron chi connectivity index (χ1n) is 8.51. The van der Waals surface area contributed by atoms with Gasteiger partial charge in [-0.15, -0.1) is 0 Å². The summed E-state index contributed by atoms with van der Waals surface area (Å²) in [6.07, 6.45) is 8.91. The summed E-state index contributed by atoms with van der Waals surface area (Å²) in [6.45, 7) is 12.6. The molecule has 0 radical (unpaired) electrons. The average molecular weight is 363 g/mol. The van der Waals surface area contributed by atoms with E-state index in [0.717, 1.165) is 12.2 Å². The van der Waals surface area contributed by atoms with E-state index < -0.39 is 18.0 Å². The van der Waals surface area contributed by atoms with E-state index in [2.05, 4.69) is 11.9 Å². The number of hydrogen-bond acceptors (Lipinski definition) is 5. The van der Waals surface area contributed by atoms with Gasteiger partial charge in [0, 0.05) is 18.1 Å². The van der Waals surface area contributed by atoms with Crippen molar-refractivity contribution in [1.29, 1.82) is 0 Å². The van der Waals surface area contributed by atoms with Gasteiger partial charge in [0.15, 0.2) is 0 Å². The molecule has 0 aromatic carbocycles. The van der Waals surface area contributed by atoms with Crippen LogP contribution in [-0.2, 0) is 23.9 Å². The summed E-state index contributed by atoms with van der Waals surface area (Å²) in [4.78, 5) is 35.1. The zero-order valence-corrected chi connectivity index (χ0v) is 16.2. The predicted molar refractivity (Wildman–Crippen MR) is 101 cm³/mol. The number of hydrogen-bond donors (Lipinski definition) is 1. The second-order valence-electron chi connectivity index (χ2n) is 6.12. The lowest BCUT2D eigenvalue weighted by Gasteiger charge is -2.20. The summed E-state index contributed by atoms with van der Waals surface area (Å²) < 4.78 is 9.98. The highest BCUT2D eigenvalue weighted by atomic mass is 16.5. The van der Waals surface area contributed by atoms with E-state index in [1.807, 2.05) is 19.1 Å². The summed E-state index contributed by atoms with van der Waals surface area (Å²) in [5.74, 6) is -1.73. The van der Waals surface area contributed by atoms with Crippen molar-refractivity contribution in [1.82, 2.24) is 5.32 Å². The van der Waals surface area contributed by atoms with Crippen molar-refractivity contribution >= 4 is 17.8 Å². The second-order valence-corrected chi connectivity index (χ2v) is 6.12. The van der Waals surface area contributed by atoms with Crippen LogP contribution in [0.4, 0.5) is 0 Å². The summed E-state index contributed by atoms with van der Waals surface area (Å²) in [7, 11) is 0. The first-order chi connectivity index (χ1) is 12.2. The van der Waals surface area contributed by atoms with Crippen molar-refractivity contribution in [2.45, 2.75) is 46.8 Å². The second kappa shape index (κ2) is 12.7. The first kappa shape index (κ1) is 23.4. The van der Waals surface area contributed by atoms with Crippen molar-refractivity contribution < 1.29 is 23.9 Å². The molecule has 0 fully saturated rings. The quantitative estimate of drug-likeness (QED) is 0.367. The maximum atomic E-state index is 11.9. The number of esters is 2. The van der Waals surface area contributed by atoms with Crippen molar-refractivity contribution in [2.24, 2.45) is 5.92 Å². The smallest absolute Gasteiger partial charge is 0.331 e. The topological polar surface area (TPSA) is 81.7 Å². The van der Waals surface area contributed by atoms with Crippen molar-refractivity contribution in [2.75, 3.05) is 6.61 Å². The Hall–Kier alpha value is -2.63. The van der Waals surface area contributed by atoms with Crippen LogP contribution in [0.25, 0.3) is 0 Å². The minimum atomic E-state index is -0.709. The highest BCUT2D eigenvalue weighted by Crippen LogP contribution is 2.06. The van der Waals surface area contributed by atoms with E-state index in [0.29, 0.717) is 5.57 Å². The fourth-order valence-electron chi connectivity index (χ4n) is 1.61. The fraction of sp³-hybridized carbons (Fsp3) is 0.450. The Balaban J connectivity index is 4.83. The molecule has 26 heavy (non-hydrogen) atoms. The molecule has 0 aliphatic heterocycles. The first-order valence-corrected chi connectivity index (χ1v) is 8.51. The van der Waals surface area contributed by atoms with Gasteiger partial charge in [-0.3, -0.25) is 4.79 Å². The molecule has 0 bridgehead atoms. The molecule has 144 valence electrons. The molecule has 0 heterocycles. The van der Waals surface area contributed by atoms with Crippen LogP contribution < -0.4 is 5.32 Å². The van der Waals surface area contributed by atoms with E-state index in [4.69, 9.17) is 9.47 Å². The van der Waals surface area contributed by atoms with Crippen LogP contribution in [0.15, 0.2) is 48.6 Å². The van der Waals surface area contributed by atoms with Crippen LogP contribution >= 0.6 is 0 Å². The zero-order chi connectivity index (χ0) is 20.1. The van der Waals surface area contributed by atoms with Crippen molar-refractivity contribution in [3.8, 4) is 0 Å². The minimum absolute atomic E-state index is 0.0973. The Morgan fingerprint density at radius 3 is 2.15 bits per heavy atom. The van der Waals surface area contributed by atoms with Gasteiger partial charge in [0.05, 0.1) is 12.1 Å². The largest absolute Gasteiger partial charge is 0.460 e. The van der Waals surface area contributed by atoms with Gasteiger partial charge in [-0.2, -0.15) is 0 Å². The number of nitrogens with one attached hydrogen (secondary N) is 1. The molecule has 6 nitrogen and oxygen atoms in total. The number of amides is 1. The molecule has 0 aromatic heterocycles. The average Bonchev–Trinajstić information content (AvgIpc) is 2.55. The summed E-state index contributed by atoms with van der Waals surface area (Å²) in [6, 6.07) is -0.564. The normalized spacial score (nSPS) is 12.9. The molecule has 0 spiro atoms. The van der Waals surface area contributed by atoms with E-state index >= 15 is 0 Å². The third-order valence-electron chi connectivity index (χ3n) is 3.00. The van der Waals surface area contributed by atoms with E-state index in [1.54, 1.807) is 39.8 Å². The molecule has 0 saturated carbocycles. The molecule has 0 aliphatic rings. The van der Waals surface area contributed by atoms with Gasteiger partial charge < -0.3 is 14.8 Å². The number of allylic oxidation sites excluding steroid dienone is 3. The van der Waals surface area contributed by atoms with E-state index in [9.17, 15) is 14.4 Å². The fourth-order valence-corrected chi connectivity index (χ4v) is 1.61. The van der Waals surface area contributed by atoms with Crippen LogP contribution in [0.3, 0.4) is 0 Å². The standard InChI is InChI=1S/C20H29NO5/c1-7-8-9-10-16(6)17(21-20(24)14(2)3)13-25-18(22)11-12-19(23)26-15(4)5/h7-12,14-15,17H,6,13H2,1-5H3,(H,21,24)/b8-7-,10-9-,12-11+/t17-/m1/s1. The van der Waals surface area contributed by atoms with Crippen molar-refractivity contribution in [3.05, 3.63) is 48.6 Å². The van der Waals surface area contributed by atoms with Gasteiger partial charge in [0.25, 0.3) is 0 Å². The Labute approximate surface area is 155 Å². The highest BCUT2D eigenvalue weighted by Gasteiger charge is 2.18. The maximum absolute atomic E-state index is 11.9. The number of carbonyl (C=O) groups excluding carboxylic acids is 3. The van der Waals surface area contributed by atoms with Gasteiger partial charge in [-0.1, -0.05) is 44.7 Å². The number of ether oxygens (including phenoxy) is 2. The third kappa shape index (κ3) is 11.0. The highest BCUT2D eigenvalue weighted by molar-refractivity contribution is 5.91. The molecule has 0 aliphatic carbocycles. The van der Waals surface area contributed by atoms with Crippen LogP contribution in [0.2, 0.25) is 0 Å². The predicted octanol–water partition coefficient (Wildman–Crippen LogP) is 2.87. The summed E-state index contributed by atoms with van der Waals surface area (Å²) in [5.41, 5.74) is 0.591. The van der Waals surface area contributed by atoms with Crippen LogP contribution in [-0.4, -0.2) is 36.6 Å². The van der Waals surface area contributed by atoms with Crippen LogP contribution in [0, 0.1) is 5.92 Å². The Kier molecular flexibility index (Phi) is 11.4. The molecule has 6 heteroatoms. The SMILES string of the molecule is C=C(/C=C\C=C/C)[C@@H](COC(=O)/C=C/C(=O)OC(C)C)NC(=O)C(C)C. The number of rotatable bonds is 10. The molecule has 1 N–H and O–H groups in total. The van der Waals surface area contributed by atoms with Gasteiger partial charge in [0.1, 0.15) is 6.61 Å². The van der Waals surface area contributed by atoms with Crippen LogP contribution in [0.5, 0.6) is 0 Å². The third-order valence-corrected chi connectivity index (χ3v) is 3.00. The minimum Gasteiger partial charge on any atom is -0.460 e. The molecular formula is C20H29NO5. The lowest BCUT2D eigenvalue weighted by atomic mass is 10.1. The Morgan fingerprint density at radius 1 is 1.00 bits per heavy atom. The van der Waals surface area contributed by atoms with Gasteiger partial charge in [-0.05, 0) is 26.3 Å². The Morgan fingerprint density at radius 2 is 1.62 bits per heavy atom. The lowest BCUT2D eigenvalue weighted by molar-refractivity contribution is -0.143. The van der Waals surface area contributed by atoms with Gasteiger partial charge in [0.2, 0.25) is 5.91 Å². The lowest BCUT2D eigenvalue weighted by Crippen LogP contribution is -2.41. The Bertz CT molecular complexity index is 585. The van der Waals surface area contributed by atoms with Crippen LogP contribution in [0.1, 0.15) is 34.6 Å². The molecule has 0 rings (SSSR count). The summed E-state index contributed by atoms with van der Waals surface area (Å²) >= 11 is 0. The zero-order valence-electron chi connectivity index (χ0n) is 16.2. The maximum Gasteiger partial charge on any atom is 0.331 e. The van der Waals surface area contributed by atoms with Gasteiger partial charge in [-0.25, -0.2) is 9.59 Å². The molecular weight excluding hydrogens is 334 g/mol. The molecule has 1 amide bonds. The van der Waals surface area contributed by atoms with E-state index in [-0.39, 0.29) is 24.5 Å². The summed E-state index contributed by atoms with van der Waals surface area (Å²) in [5, 5.41) is 2.78. The molecule has 0 saturated heterocycles. The molecule has 1 atom stereocenters. The van der Waals surface area contributed by atoms with E-state index in [1.165, 1.54) is 0 Å². The molecule has 0 unspecified atom stereocenters. The van der Waals surface area contributed by atoms with Crippen molar-refractivity contribution in [3.63, 3.8) is 0 Å². The number of carbonyl (C=O) groups is 3. The monoisotopic (exact) mass is 363 g/mol.